The van der Waals surface area contributed by atoms with Crippen LogP contribution >= 0.6 is 11.6 Å². The van der Waals surface area contributed by atoms with Gasteiger partial charge in [-0.05, 0) is 68.8 Å². The molecule has 2 rings (SSSR count). The van der Waals surface area contributed by atoms with E-state index in [0.29, 0.717) is 16.3 Å². The van der Waals surface area contributed by atoms with Crippen LogP contribution in [0.4, 0.5) is 0 Å². The van der Waals surface area contributed by atoms with Crippen molar-refractivity contribution in [1.29, 1.82) is 0 Å². The van der Waals surface area contributed by atoms with E-state index >= 15 is 0 Å². The second kappa shape index (κ2) is 7.45. The van der Waals surface area contributed by atoms with Crippen molar-refractivity contribution in [3.8, 4) is 5.75 Å². The van der Waals surface area contributed by atoms with Crippen molar-refractivity contribution in [2.75, 3.05) is 0 Å². The van der Waals surface area contributed by atoms with E-state index in [2.05, 4.69) is 0 Å². The zero-order valence-electron chi connectivity index (χ0n) is 13.9. The van der Waals surface area contributed by atoms with Crippen molar-refractivity contribution in [2.24, 2.45) is 5.41 Å². The van der Waals surface area contributed by atoms with E-state index in [9.17, 15) is 9.59 Å². The van der Waals surface area contributed by atoms with Crippen molar-refractivity contribution in [3.63, 3.8) is 0 Å². The van der Waals surface area contributed by atoms with Gasteiger partial charge in [-0.3, -0.25) is 9.59 Å². The number of esters is 1. The van der Waals surface area contributed by atoms with Crippen LogP contribution in [0.5, 0.6) is 5.75 Å². The predicted molar refractivity (Wildman–Crippen MR) is 96.3 cm³/mol. The average molecular weight is 343 g/mol. The summed E-state index contributed by atoms with van der Waals surface area (Å²) in [6, 6.07) is 13.7. The van der Waals surface area contributed by atoms with Gasteiger partial charge in [0.1, 0.15) is 5.75 Å². The second-order valence-electron chi connectivity index (χ2n) is 6.42. The standard InChI is InChI=1S/C20H19ClO3/c1-20(2,3)19(23)24-17-10-8-15(9-11-17)18(22)12-7-14-5-4-6-16(21)13-14/h4-13H,1-3H3. The van der Waals surface area contributed by atoms with Gasteiger partial charge >= 0.3 is 5.97 Å². The first kappa shape index (κ1) is 18.0. The Kier molecular flexibility index (Phi) is 5.58. The number of halogens is 1. The van der Waals surface area contributed by atoms with Gasteiger partial charge in [0.15, 0.2) is 5.78 Å². The van der Waals surface area contributed by atoms with E-state index in [1.54, 1.807) is 63.2 Å². The van der Waals surface area contributed by atoms with Gasteiger partial charge in [-0.15, -0.1) is 0 Å². The lowest BCUT2D eigenvalue weighted by atomic mass is 9.97. The number of hydrogen-bond donors (Lipinski definition) is 0. The van der Waals surface area contributed by atoms with E-state index in [4.69, 9.17) is 16.3 Å². The van der Waals surface area contributed by atoms with E-state index in [1.807, 2.05) is 12.1 Å². The van der Waals surface area contributed by atoms with Crippen LogP contribution in [0.3, 0.4) is 0 Å². The Hall–Kier alpha value is -2.39. The maximum absolute atomic E-state index is 12.2. The molecule has 0 heterocycles. The lowest BCUT2D eigenvalue weighted by Gasteiger charge is -2.16. The summed E-state index contributed by atoms with van der Waals surface area (Å²) >= 11 is 5.91. The van der Waals surface area contributed by atoms with Gasteiger partial charge < -0.3 is 4.74 Å². The van der Waals surface area contributed by atoms with Gasteiger partial charge in [-0.25, -0.2) is 0 Å². The highest BCUT2D eigenvalue weighted by atomic mass is 35.5. The summed E-state index contributed by atoms with van der Waals surface area (Å²) in [4.78, 5) is 24.0. The number of ketones is 1. The molecule has 0 fully saturated rings. The summed E-state index contributed by atoms with van der Waals surface area (Å²) in [5.74, 6) is -0.0311. The van der Waals surface area contributed by atoms with Crippen molar-refractivity contribution in [3.05, 3.63) is 70.8 Å². The Balaban J connectivity index is 2.05. The van der Waals surface area contributed by atoms with Gasteiger partial charge in [0.25, 0.3) is 0 Å². The largest absolute Gasteiger partial charge is 0.426 e. The second-order valence-corrected chi connectivity index (χ2v) is 6.85. The normalized spacial score (nSPS) is 11.5. The van der Waals surface area contributed by atoms with Crippen molar-refractivity contribution in [1.82, 2.24) is 0 Å². The number of hydrogen-bond acceptors (Lipinski definition) is 3. The average Bonchev–Trinajstić information content (AvgIpc) is 2.52. The summed E-state index contributed by atoms with van der Waals surface area (Å²) in [6.45, 7) is 5.36. The fourth-order valence-corrected chi connectivity index (χ4v) is 2.02. The van der Waals surface area contributed by atoms with Crippen LogP contribution in [0, 0.1) is 5.41 Å². The molecule has 0 aliphatic heterocycles. The van der Waals surface area contributed by atoms with Crippen LogP contribution in [-0.2, 0) is 4.79 Å². The summed E-state index contributed by atoms with van der Waals surface area (Å²) < 4.78 is 5.27. The highest BCUT2D eigenvalue weighted by molar-refractivity contribution is 6.30. The molecule has 0 saturated carbocycles. The number of benzene rings is 2. The molecule has 24 heavy (non-hydrogen) atoms. The first-order valence-corrected chi connectivity index (χ1v) is 7.94. The van der Waals surface area contributed by atoms with E-state index < -0.39 is 5.41 Å². The Bertz CT molecular complexity index is 768. The van der Waals surface area contributed by atoms with Crippen molar-refractivity contribution >= 4 is 29.4 Å². The molecule has 0 atom stereocenters. The zero-order valence-corrected chi connectivity index (χ0v) is 14.6. The maximum atomic E-state index is 12.2. The van der Waals surface area contributed by atoms with E-state index in [0.717, 1.165) is 5.56 Å². The number of rotatable bonds is 4. The molecule has 0 aliphatic rings. The zero-order chi connectivity index (χ0) is 17.7. The summed E-state index contributed by atoms with van der Waals surface area (Å²) in [5, 5.41) is 0.620. The van der Waals surface area contributed by atoms with Crippen LogP contribution in [0.25, 0.3) is 6.08 Å². The van der Waals surface area contributed by atoms with Gasteiger partial charge in [-0.1, -0.05) is 29.8 Å². The first-order chi connectivity index (χ1) is 11.3. The highest BCUT2D eigenvalue weighted by Gasteiger charge is 2.23. The minimum atomic E-state index is -0.575. The third-order valence-corrected chi connectivity index (χ3v) is 3.47. The molecule has 0 bridgehead atoms. The van der Waals surface area contributed by atoms with E-state index in [-0.39, 0.29) is 11.8 Å². The molecule has 0 N–H and O–H groups in total. The fraction of sp³-hybridized carbons (Fsp3) is 0.200. The number of ether oxygens (including phenoxy) is 1. The maximum Gasteiger partial charge on any atom is 0.316 e. The third kappa shape index (κ3) is 5.07. The Morgan fingerprint density at radius 3 is 2.29 bits per heavy atom. The lowest BCUT2D eigenvalue weighted by Crippen LogP contribution is -2.25. The quantitative estimate of drug-likeness (QED) is 0.332. The van der Waals surface area contributed by atoms with Crippen molar-refractivity contribution in [2.45, 2.75) is 20.8 Å². The van der Waals surface area contributed by atoms with Crippen LogP contribution in [-0.4, -0.2) is 11.8 Å². The molecule has 0 spiro atoms. The molecule has 0 radical (unpaired) electrons. The molecule has 0 aliphatic carbocycles. The SMILES string of the molecule is CC(C)(C)C(=O)Oc1ccc(C(=O)C=Cc2cccc(Cl)c2)cc1. The molecular weight excluding hydrogens is 324 g/mol. The number of carbonyl (C=O) groups excluding carboxylic acids is 2. The summed E-state index contributed by atoms with van der Waals surface area (Å²) in [6.07, 6.45) is 3.20. The monoisotopic (exact) mass is 342 g/mol. The molecule has 0 saturated heterocycles. The minimum absolute atomic E-state index is 0.135. The van der Waals surface area contributed by atoms with Crippen LogP contribution in [0.15, 0.2) is 54.6 Å². The van der Waals surface area contributed by atoms with Crippen molar-refractivity contribution < 1.29 is 14.3 Å². The van der Waals surface area contributed by atoms with Gasteiger partial charge in [0.2, 0.25) is 0 Å². The summed E-state index contributed by atoms with van der Waals surface area (Å²) in [7, 11) is 0. The predicted octanol–water partition coefficient (Wildman–Crippen LogP) is 5.19. The highest BCUT2D eigenvalue weighted by Crippen LogP contribution is 2.20. The molecule has 0 amide bonds. The lowest BCUT2D eigenvalue weighted by molar-refractivity contribution is -0.142. The number of allylic oxidation sites excluding steroid dienone is 1. The topological polar surface area (TPSA) is 43.4 Å². The third-order valence-electron chi connectivity index (χ3n) is 3.24. The van der Waals surface area contributed by atoms with E-state index in [1.165, 1.54) is 6.08 Å². The first-order valence-electron chi connectivity index (χ1n) is 7.56. The van der Waals surface area contributed by atoms with Crippen LogP contribution in [0.1, 0.15) is 36.7 Å². The summed E-state index contributed by atoms with van der Waals surface area (Å²) in [5.41, 5.74) is 0.796. The van der Waals surface area contributed by atoms with Gasteiger partial charge in [-0.2, -0.15) is 0 Å². The smallest absolute Gasteiger partial charge is 0.316 e. The minimum Gasteiger partial charge on any atom is -0.426 e. The van der Waals surface area contributed by atoms with Crippen LogP contribution in [0.2, 0.25) is 5.02 Å². The number of carbonyl (C=O) groups is 2. The molecular formula is C20H19ClO3. The van der Waals surface area contributed by atoms with Gasteiger partial charge in [0.05, 0.1) is 5.41 Å². The molecule has 2 aromatic rings. The molecule has 3 nitrogen and oxygen atoms in total. The Labute approximate surface area is 146 Å². The van der Waals surface area contributed by atoms with Gasteiger partial charge in [0, 0.05) is 10.6 Å². The Morgan fingerprint density at radius 2 is 1.71 bits per heavy atom. The molecule has 2 aromatic carbocycles. The Morgan fingerprint density at radius 1 is 1.04 bits per heavy atom. The molecule has 4 heteroatoms. The fourth-order valence-electron chi connectivity index (χ4n) is 1.83. The van der Waals surface area contributed by atoms with Crippen LogP contribution < -0.4 is 4.74 Å². The molecule has 0 unspecified atom stereocenters. The molecule has 0 aromatic heterocycles. The molecule has 124 valence electrons.